The zero-order valence-electron chi connectivity index (χ0n) is 7.73. The number of hydrogen-bond donors (Lipinski definition) is 2. The molecule has 0 bridgehead atoms. The van der Waals surface area contributed by atoms with Crippen LogP contribution >= 0.6 is 0 Å². The van der Waals surface area contributed by atoms with Gasteiger partial charge in [-0.3, -0.25) is 0 Å². The molecule has 0 fully saturated rings. The summed E-state index contributed by atoms with van der Waals surface area (Å²) in [6.45, 7) is 2.30. The molecule has 1 rings (SSSR count). The van der Waals surface area contributed by atoms with Gasteiger partial charge in [0.1, 0.15) is 12.4 Å². The average molecular weight is 181 g/mol. The van der Waals surface area contributed by atoms with Crippen LogP contribution in [0.2, 0.25) is 0 Å². The minimum Gasteiger partial charge on any atom is -0.491 e. The van der Waals surface area contributed by atoms with Gasteiger partial charge in [0, 0.05) is 6.04 Å². The number of ether oxygens (including phenoxy) is 1. The zero-order valence-corrected chi connectivity index (χ0v) is 7.73. The van der Waals surface area contributed by atoms with Crippen LogP contribution in [0.1, 0.15) is 18.5 Å². The lowest BCUT2D eigenvalue weighted by Gasteiger charge is -2.07. The van der Waals surface area contributed by atoms with E-state index in [1.807, 2.05) is 31.2 Å². The monoisotopic (exact) mass is 181 g/mol. The Morgan fingerprint density at radius 1 is 1.38 bits per heavy atom. The molecule has 3 heteroatoms. The Morgan fingerprint density at radius 3 is 2.46 bits per heavy atom. The van der Waals surface area contributed by atoms with E-state index in [0.29, 0.717) is 6.61 Å². The Balaban J connectivity index is 2.59. The van der Waals surface area contributed by atoms with Crippen molar-refractivity contribution in [2.24, 2.45) is 5.73 Å². The minimum atomic E-state index is 0.0367. The number of hydrogen-bond acceptors (Lipinski definition) is 3. The summed E-state index contributed by atoms with van der Waals surface area (Å²) in [7, 11) is 0. The van der Waals surface area contributed by atoms with Gasteiger partial charge in [-0.1, -0.05) is 12.1 Å². The first-order valence-corrected chi connectivity index (χ1v) is 4.33. The third kappa shape index (κ3) is 3.05. The van der Waals surface area contributed by atoms with Gasteiger partial charge in [0.05, 0.1) is 6.61 Å². The van der Waals surface area contributed by atoms with Crippen molar-refractivity contribution in [1.29, 1.82) is 0 Å². The lowest BCUT2D eigenvalue weighted by molar-refractivity contribution is 0.201. The van der Waals surface area contributed by atoms with Gasteiger partial charge in [0.25, 0.3) is 0 Å². The van der Waals surface area contributed by atoms with E-state index in [1.54, 1.807) is 0 Å². The number of aliphatic hydroxyl groups is 1. The third-order valence-electron chi connectivity index (χ3n) is 1.77. The molecular weight excluding hydrogens is 166 g/mol. The van der Waals surface area contributed by atoms with Gasteiger partial charge in [-0.05, 0) is 24.6 Å². The highest BCUT2D eigenvalue weighted by molar-refractivity contribution is 5.28. The Bertz CT molecular complexity index is 244. The fraction of sp³-hybridized carbons (Fsp3) is 0.400. The first-order chi connectivity index (χ1) is 6.24. The van der Waals surface area contributed by atoms with Crippen LogP contribution in [0.15, 0.2) is 24.3 Å². The van der Waals surface area contributed by atoms with Crippen molar-refractivity contribution in [2.75, 3.05) is 13.2 Å². The number of nitrogens with two attached hydrogens (primary N) is 1. The number of aliphatic hydroxyl groups excluding tert-OH is 1. The predicted molar refractivity (Wildman–Crippen MR) is 51.6 cm³/mol. The number of rotatable bonds is 4. The highest BCUT2D eigenvalue weighted by Crippen LogP contribution is 2.15. The Morgan fingerprint density at radius 2 is 2.00 bits per heavy atom. The van der Waals surface area contributed by atoms with Crippen molar-refractivity contribution < 1.29 is 9.84 Å². The van der Waals surface area contributed by atoms with Gasteiger partial charge in [0.15, 0.2) is 0 Å². The van der Waals surface area contributed by atoms with E-state index in [0.717, 1.165) is 11.3 Å². The van der Waals surface area contributed by atoms with Crippen molar-refractivity contribution in [1.82, 2.24) is 0 Å². The average Bonchev–Trinajstić information content (AvgIpc) is 2.15. The molecule has 0 saturated heterocycles. The summed E-state index contributed by atoms with van der Waals surface area (Å²) >= 11 is 0. The van der Waals surface area contributed by atoms with Crippen LogP contribution in [0.4, 0.5) is 0 Å². The van der Waals surface area contributed by atoms with Gasteiger partial charge >= 0.3 is 0 Å². The van der Waals surface area contributed by atoms with Crippen molar-refractivity contribution in [3.63, 3.8) is 0 Å². The maximum absolute atomic E-state index is 8.53. The van der Waals surface area contributed by atoms with Crippen LogP contribution < -0.4 is 10.5 Å². The molecule has 1 aromatic carbocycles. The molecule has 0 aliphatic heterocycles. The van der Waals surface area contributed by atoms with Crippen LogP contribution in [-0.2, 0) is 0 Å². The molecule has 0 heterocycles. The fourth-order valence-electron chi connectivity index (χ4n) is 1.03. The van der Waals surface area contributed by atoms with E-state index >= 15 is 0 Å². The van der Waals surface area contributed by atoms with Crippen LogP contribution in [-0.4, -0.2) is 18.3 Å². The lowest BCUT2D eigenvalue weighted by atomic mass is 10.1. The summed E-state index contributed by atoms with van der Waals surface area (Å²) < 4.78 is 5.20. The second kappa shape index (κ2) is 4.84. The molecule has 0 saturated carbocycles. The fourth-order valence-corrected chi connectivity index (χ4v) is 1.03. The van der Waals surface area contributed by atoms with E-state index in [2.05, 4.69) is 0 Å². The summed E-state index contributed by atoms with van der Waals surface area (Å²) in [5.41, 5.74) is 6.76. The normalized spacial score (nSPS) is 12.5. The van der Waals surface area contributed by atoms with Gasteiger partial charge in [0.2, 0.25) is 0 Å². The van der Waals surface area contributed by atoms with E-state index in [-0.39, 0.29) is 12.6 Å². The standard InChI is InChI=1S/C10H15NO2/c1-8(11)9-2-4-10(5-3-9)13-7-6-12/h2-5,8,12H,6-7,11H2,1H3/t8-/m1/s1. The molecule has 0 aliphatic carbocycles. The van der Waals surface area contributed by atoms with Crippen molar-refractivity contribution >= 4 is 0 Å². The van der Waals surface area contributed by atoms with Crippen molar-refractivity contribution in [3.05, 3.63) is 29.8 Å². The molecule has 72 valence electrons. The van der Waals surface area contributed by atoms with Crippen LogP contribution in [0.3, 0.4) is 0 Å². The minimum absolute atomic E-state index is 0.0367. The first kappa shape index (κ1) is 10.0. The first-order valence-electron chi connectivity index (χ1n) is 4.33. The second-order valence-corrected chi connectivity index (χ2v) is 2.93. The molecule has 13 heavy (non-hydrogen) atoms. The van der Waals surface area contributed by atoms with Gasteiger partial charge in [-0.2, -0.15) is 0 Å². The molecule has 0 aromatic heterocycles. The predicted octanol–water partition coefficient (Wildman–Crippen LogP) is 1.08. The third-order valence-corrected chi connectivity index (χ3v) is 1.77. The molecule has 1 aromatic rings. The van der Waals surface area contributed by atoms with E-state index in [9.17, 15) is 0 Å². The zero-order chi connectivity index (χ0) is 9.68. The molecule has 3 nitrogen and oxygen atoms in total. The maximum atomic E-state index is 8.53. The van der Waals surface area contributed by atoms with E-state index in [1.165, 1.54) is 0 Å². The largest absolute Gasteiger partial charge is 0.491 e. The Kier molecular flexibility index (Phi) is 3.73. The van der Waals surface area contributed by atoms with E-state index in [4.69, 9.17) is 15.6 Å². The summed E-state index contributed by atoms with van der Waals surface area (Å²) in [4.78, 5) is 0. The van der Waals surface area contributed by atoms with Crippen LogP contribution in [0.25, 0.3) is 0 Å². The Hall–Kier alpha value is -1.06. The quantitative estimate of drug-likeness (QED) is 0.730. The SMILES string of the molecule is C[C@@H](N)c1ccc(OCCO)cc1. The molecule has 0 aliphatic rings. The molecule has 0 spiro atoms. The highest BCUT2D eigenvalue weighted by Gasteiger charge is 1.98. The van der Waals surface area contributed by atoms with Gasteiger partial charge in [-0.25, -0.2) is 0 Å². The van der Waals surface area contributed by atoms with Crippen molar-refractivity contribution in [3.8, 4) is 5.75 Å². The van der Waals surface area contributed by atoms with Crippen LogP contribution in [0, 0.1) is 0 Å². The summed E-state index contributed by atoms with van der Waals surface area (Å²) in [5.74, 6) is 0.762. The van der Waals surface area contributed by atoms with Crippen LogP contribution in [0.5, 0.6) is 5.75 Å². The summed E-state index contributed by atoms with van der Waals surface area (Å²) in [5, 5.41) is 8.53. The molecule has 1 atom stereocenters. The highest BCUT2D eigenvalue weighted by atomic mass is 16.5. The maximum Gasteiger partial charge on any atom is 0.119 e. The molecule has 3 N–H and O–H groups in total. The topological polar surface area (TPSA) is 55.5 Å². The van der Waals surface area contributed by atoms with Crippen molar-refractivity contribution in [2.45, 2.75) is 13.0 Å². The smallest absolute Gasteiger partial charge is 0.119 e. The van der Waals surface area contributed by atoms with E-state index < -0.39 is 0 Å². The Labute approximate surface area is 78.1 Å². The summed E-state index contributed by atoms with van der Waals surface area (Å²) in [6.07, 6.45) is 0. The van der Waals surface area contributed by atoms with Gasteiger partial charge in [-0.15, -0.1) is 0 Å². The molecular formula is C10H15NO2. The second-order valence-electron chi connectivity index (χ2n) is 2.93. The molecule has 0 amide bonds. The summed E-state index contributed by atoms with van der Waals surface area (Å²) in [6, 6.07) is 7.61. The number of benzene rings is 1. The van der Waals surface area contributed by atoms with Gasteiger partial charge < -0.3 is 15.6 Å². The molecule has 0 radical (unpaired) electrons. The lowest BCUT2D eigenvalue weighted by Crippen LogP contribution is -2.05. The molecule has 0 unspecified atom stereocenters.